The molecule has 1 aliphatic rings. The summed E-state index contributed by atoms with van der Waals surface area (Å²) in [6.07, 6.45) is 6.95. The summed E-state index contributed by atoms with van der Waals surface area (Å²) in [5.74, 6) is 2.26. The summed E-state index contributed by atoms with van der Waals surface area (Å²) in [4.78, 5) is 11.1. The maximum atomic E-state index is 5.10. The SMILES string of the molecule is CN=C(NCCCc1nc(C)no1)NCCCN1CCCCC1C.I. The standard InChI is InChI=1S/C17H32N6O.HI/c1-14-8-4-5-12-23(14)13-7-11-20-17(18-3)19-10-6-9-16-21-15(2)22-24-16;/h14H,4-13H2,1-3H3,(H2,18,19,20);1H. The van der Waals surface area contributed by atoms with E-state index in [1.807, 2.05) is 14.0 Å². The molecular weight excluding hydrogens is 431 g/mol. The Labute approximate surface area is 168 Å². The van der Waals surface area contributed by atoms with Crippen LogP contribution in [-0.2, 0) is 6.42 Å². The fraction of sp³-hybridized carbons (Fsp3) is 0.824. The summed E-state index contributed by atoms with van der Waals surface area (Å²) >= 11 is 0. The van der Waals surface area contributed by atoms with Crippen LogP contribution in [0.4, 0.5) is 0 Å². The van der Waals surface area contributed by atoms with Gasteiger partial charge >= 0.3 is 0 Å². The summed E-state index contributed by atoms with van der Waals surface area (Å²) in [5, 5.41) is 10.5. The van der Waals surface area contributed by atoms with Crippen molar-refractivity contribution >= 4 is 29.9 Å². The molecule has 1 aromatic rings. The summed E-state index contributed by atoms with van der Waals surface area (Å²) in [5.41, 5.74) is 0. The molecule has 7 nitrogen and oxygen atoms in total. The number of hydrogen-bond donors (Lipinski definition) is 2. The Morgan fingerprint density at radius 2 is 2.04 bits per heavy atom. The lowest BCUT2D eigenvalue weighted by Crippen LogP contribution is -2.41. The minimum atomic E-state index is 0. The maximum Gasteiger partial charge on any atom is 0.226 e. The molecule has 0 spiro atoms. The summed E-state index contributed by atoms with van der Waals surface area (Å²) in [6, 6.07) is 0.740. The van der Waals surface area contributed by atoms with E-state index < -0.39 is 0 Å². The number of piperidine rings is 1. The van der Waals surface area contributed by atoms with Crippen LogP contribution in [0, 0.1) is 6.92 Å². The van der Waals surface area contributed by atoms with Crippen LogP contribution in [0.3, 0.4) is 0 Å². The van der Waals surface area contributed by atoms with Crippen LogP contribution in [0.1, 0.15) is 50.7 Å². The molecule has 2 heterocycles. The highest BCUT2D eigenvalue weighted by atomic mass is 127. The van der Waals surface area contributed by atoms with Crippen LogP contribution >= 0.6 is 24.0 Å². The molecule has 1 unspecified atom stereocenters. The molecule has 0 radical (unpaired) electrons. The molecular formula is C17H33IN6O. The van der Waals surface area contributed by atoms with Gasteiger partial charge in [0.15, 0.2) is 11.8 Å². The zero-order valence-corrected chi connectivity index (χ0v) is 18.1. The first-order valence-electron chi connectivity index (χ1n) is 9.17. The van der Waals surface area contributed by atoms with Gasteiger partial charge in [-0.1, -0.05) is 11.6 Å². The summed E-state index contributed by atoms with van der Waals surface area (Å²) in [7, 11) is 1.81. The number of aliphatic imine (C=N–C) groups is 1. The van der Waals surface area contributed by atoms with Gasteiger partial charge < -0.3 is 20.1 Å². The van der Waals surface area contributed by atoms with Crippen molar-refractivity contribution in [2.45, 2.75) is 58.4 Å². The lowest BCUT2D eigenvalue weighted by molar-refractivity contribution is 0.159. The first kappa shape index (κ1) is 22.1. The lowest BCUT2D eigenvalue weighted by atomic mass is 10.0. The molecule has 0 saturated carbocycles. The van der Waals surface area contributed by atoms with Crippen LogP contribution in [0.25, 0.3) is 0 Å². The second kappa shape index (κ2) is 12.5. The number of rotatable bonds is 8. The first-order chi connectivity index (χ1) is 11.7. The fourth-order valence-electron chi connectivity index (χ4n) is 3.09. The first-order valence-corrected chi connectivity index (χ1v) is 9.17. The van der Waals surface area contributed by atoms with Crippen LogP contribution in [0.15, 0.2) is 9.52 Å². The van der Waals surface area contributed by atoms with Gasteiger partial charge in [-0.05, 0) is 46.1 Å². The van der Waals surface area contributed by atoms with Crippen LogP contribution in [-0.4, -0.2) is 60.3 Å². The van der Waals surface area contributed by atoms with Crippen LogP contribution in [0.2, 0.25) is 0 Å². The normalized spacial score (nSPS) is 18.7. The number of aryl methyl sites for hydroxylation is 2. The predicted octanol–water partition coefficient (Wildman–Crippen LogP) is 2.36. The molecule has 0 amide bonds. The van der Waals surface area contributed by atoms with E-state index in [9.17, 15) is 0 Å². The van der Waals surface area contributed by atoms with Gasteiger partial charge in [-0.15, -0.1) is 24.0 Å². The highest BCUT2D eigenvalue weighted by Gasteiger charge is 2.17. The zero-order chi connectivity index (χ0) is 17.2. The van der Waals surface area contributed by atoms with Gasteiger partial charge in [-0.3, -0.25) is 4.99 Å². The minimum Gasteiger partial charge on any atom is -0.356 e. The van der Waals surface area contributed by atoms with Crippen LogP contribution in [0.5, 0.6) is 0 Å². The predicted molar refractivity (Wildman–Crippen MR) is 112 cm³/mol. The van der Waals surface area contributed by atoms with Gasteiger partial charge in [0.2, 0.25) is 5.89 Å². The Kier molecular flexibility index (Phi) is 11.0. The van der Waals surface area contributed by atoms with Gasteiger partial charge in [0.1, 0.15) is 0 Å². The van der Waals surface area contributed by atoms with E-state index in [1.54, 1.807) is 0 Å². The van der Waals surface area contributed by atoms with E-state index in [0.29, 0.717) is 11.7 Å². The number of nitrogens with one attached hydrogen (secondary N) is 2. The van der Waals surface area contributed by atoms with Crippen molar-refractivity contribution in [1.29, 1.82) is 0 Å². The molecule has 1 fully saturated rings. The fourth-order valence-corrected chi connectivity index (χ4v) is 3.09. The average Bonchev–Trinajstić information content (AvgIpc) is 3.00. The van der Waals surface area contributed by atoms with E-state index in [4.69, 9.17) is 4.52 Å². The molecule has 25 heavy (non-hydrogen) atoms. The smallest absolute Gasteiger partial charge is 0.226 e. The molecule has 1 atom stereocenters. The van der Waals surface area contributed by atoms with Crippen LogP contribution < -0.4 is 10.6 Å². The maximum absolute atomic E-state index is 5.10. The number of nitrogens with zero attached hydrogens (tertiary/aromatic N) is 4. The molecule has 0 bridgehead atoms. The molecule has 8 heteroatoms. The van der Waals surface area contributed by atoms with Gasteiger partial charge in [-0.25, -0.2) is 0 Å². The third kappa shape index (κ3) is 8.35. The van der Waals surface area contributed by atoms with Crippen molar-refractivity contribution in [3.05, 3.63) is 11.7 Å². The van der Waals surface area contributed by atoms with Crippen molar-refractivity contribution in [1.82, 2.24) is 25.7 Å². The average molecular weight is 464 g/mol. The number of hydrogen-bond acceptors (Lipinski definition) is 5. The number of halogens is 1. The van der Waals surface area contributed by atoms with Gasteiger partial charge in [0, 0.05) is 39.1 Å². The minimum absolute atomic E-state index is 0. The second-order valence-electron chi connectivity index (χ2n) is 6.50. The van der Waals surface area contributed by atoms with Gasteiger partial charge in [-0.2, -0.15) is 4.98 Å². The van der Waals surface area contributed by atoms with Crippen molar-refractivity contribution in [2.75, 3.05) is 33.2 Å². The monoisotopic (exact) mass is 464 g/mol. The Hall–Kier alpha value is -0.900. The third-order valence-corrected chi connectivity index (χ3v) is 4.51. The zero-order valence-electron chi connectivity index (χ0n) is 15.8. The molecule has 0 aromatic carbocycles. The van der Waals surface area contributed by atoms with E-state index >= 15 is 0 Å². The van der Waals surface area contributed by atoms with Crippen molar-refractivity contribution < 1.29 is 4.52 Å². The number of likely N-dealkylation sites (tertiary alicyclic amines) is 1. The largest absolute Gasteiger partial charge is 0.356 e. The molecule has 0 aliphatic carbocycles. The lowest BCUT2D eigenvalue weighted by Gasteiger charge is -2.33. The third-order valence-electron chi connectivity index (χ3n) is 4.51. The Bertz CT molecular complexity index is 507. The molecule has 2 rings (SSSR count). The van der Waals surface area contributed by atoms with Gasteiger partial charge in [0.25, 0.3) is 0 Å². The second-order valence-corrected chi connectivity index (χ2v) is 6.50. The van der Waals surface area contributed by atoms with Crippen molar-refractivity contribution in [2.24, 2.45) is 4.99 Å². The highest BCUT2D eigenvalue weighted by Crippen LogP contribution is 2.15. The molecule has 2 N–H and O–H groups in total. The quantitative estimate of drug-likeness (QED) is 0.266. The Morgan fingerprint density at radius 3 is 2.68 bits per heavy atom. The van der Waals surface area contributed by atoms with Crippen molar-refractivity contribution in [3.63, 3.8) is 0 Å². The van der Waals surface area contributed by atoms with E-state index in [2.05, 4.69) is 37.6 Å². The Morgan fingerprint density at radius 1 is 1.28 bits per heavy atom. The Balaban J connectivity index is 0.00000312. The highest BCUT2D eigenvalue weighted by molar-refractivity contribution is 14.0. The molecule has 144 valence electrons. The molecule has 1 aromatic heterocycles. The number of guanidine groups is 1. The topological polar surface area (TPSA) is 78.6 Å². The molecule has 1 saturated heterocycles. The summed E-state index contributed by atoms with van der Waals surface area (Å²) in [6.45, 7) is 8.39. The summed E-state index contributed by atoms with van der Waals surface area (Å²) < 4.78 is 5.10. The van der Waals surface area contributed by atoms with Crippen molar-refractivity contribution in [3.8, 4) is 0 Å². The molecule has 1 aliphatic heterocycles. The van der Waals surface area contributed by atoms with E-state index in [-0.39, 0.29) is 24.0 Å². The van der Waals surface area contributed by atoms with Gasteiger partial charge in [0.05, 0.1) is 0 Å². The number of aromatic nitrogens is 2. The van der Waals surface area contributed by atoms with E-state index in [1.165, 1.54) is 32.4 Å². The van der Waals surface area contributed by atoms with E-state index in [0.717, 1.165) is 44.4 Å².